The first-order valence-corrected chi connectivity index (χ1v) is 7.56. The third-order valence-electron chi connectivity index (χ3n) is 3.08. The van der Waals surface area contributed by atoms with Crippen LogP contribution in [0.3, 0.4) is 0 Å². The highest BCUT2D eigenvalue weighted by Gasteiger charge is 2.03. The van der Waals surface area contributed by atoms with Gasteiger partial charge >= 0.3 is 0 Å². The molecule has 0 saturated heterocycles. The third-order valence-corrected chi connectivity index (χ3v) is 3.37. The molecule has 0 saturated carbocycles. The lowest BCUT2D eigenvalue weighted by Gasteiger charge is -2.06. The van der Waals surface area contributed by atoms with Crippen LogP contribution in [-0.4, -0.2) is 18.9 Å². The molecule has 6 heteroatoms. The smallest absolute Gasteiger partial charge is 0.248 e. The van der Waals surface area contributed by atoms with E-state index >= 15 is 0 Å². The van der Waals surface area contributed by atoms with Gasteiger partial charge in [-0.2, -0.15) is 0 Å². The summed E-state index contributed by atoms with van der Waals surface area (Å²) >= 11 is 6.01. The minimum Gasteiger partial charge on any atom is -0.495 e. The van der Waals surface area contributed by atoms with E-state index in [2.05, 4.69) is 10.6 Å². The Morgan fingerprint density at radius 2 is 1.71 bits per heavy atom. The summed E-state index contributed by atoms with van der Waals surface area (Å²) in [6.07, 6.45) is 3.10. The summed E-state index contributed by atoms with van der Waals surface area (Å²) < 4.78 is 5.06. The lowest BCUT2D eigenvalue weighted by molar-refractivity contribution is -0.114. The van der Waals surface area contributed by atoms with Crippen molar-refractivity contribution in [2.75, 3.05) is 17.7 Å². The second-order valence-electron chi connectivity index (χ2n) is 4.98. The monoisotopic (exact) mass is 344 g/mol. The van der Waals surface area contributed by atoms with Gasteiger partial charge in [-0.3, -0.25) is 9.59 Å². The summed E-state index contributed by atoms with van der Waals surface area (Å²) in [5, 5.41) is 5.82. The lowest BCUT2D eigenvalue weighted by Crippen LogP contribution is -2.07. The van der Waals surface area contributed by atoms with E-state index in [1.807, 2.05) is 0 Å². The minimum atomic E-state index is -0.276. The van der Waals surface area contributed by atoms with Crippen LogP contribution in [0.25, 0.3) is 6.08 Å². The molecule has 0 aliphatic rings. The zero-order valence-electron chi connectivity index (χ0n) is 13.3. The molecule has 5 nitrogen and oxygen atoms in total. The quantitative estimate of drug-likeness (QED) is 0.807. The Balaban J connectivity index is 1.97. The molecule has 24 heavy (non-hydrogen) atoms. The first kappa shape index (κ1) is 17.6. The van der Waals surface area contributed by atoms with Crippen LogP contribution in [0.15, 0.2) is 48.5 Å². The van der Waals surface area contributed by atoms with Gasteiger partial charge in [-0.1, -0.05) is 23.7 Å². The van der Waals surface area contributed by atoms with Crippen LogP contribution in [0, 0.1) is 0 Å². The van der Waals surface area contributed by atoms with Crippen molar-refractivity contribution in [1.82, 2.24) is 0 Å². The summed E-state index contributed by atoms with van der Waals surface area (Å²) in [7, 11) is 1.53. The predicted molar refractivity (Wildman–Crippen MR) is 96.4 cm³/mol. The maximum absolute atomic E-state index is 11.9. The Morgan fingerprint density at radius 1 is 1.04 bits per heavy atom. The molecular formula is C18H17ClN2O3. The molecule has 2 aromatic carbocycles. The number of methoxy groups -OCH3 is 1. The molecule has 124 valence electrons. The lowest BCUT2D eigenvalue weighted by atomic mass is 10.2. The molecule has 0 radical (unpaired) electrons. The highest BCUT2D eigenvalue weighted by molar-refractivity contribution is 6.32. The number of amides is 2. The molecule has 0 fully saturated rings. The van der Waals surface area contributed by atoms with Gasteiger partial charge in [-0.15, -0.1) is 0 Å². The molecule has 2 amide bonds. The van der Waals surface area contributed by atoms with Crippen LogP contribution >= 0.6 is 11.6 Å². The molecule has 2 N–H and O–H groups in total. The largest absolute Gasteiger partial charge is 0.495 e. The van der Waals surface area contributed by atoms with E-state index in [-0.39, 0.29) is 11.8 Å². The average Bonchev–Trinajstić information content (AvgIpc) is 2.54. The molecule has 0 bridgehead atoms. The SMILES string of the molecule is COc1ccc(NC(=O)/C=C/c2ccc(NC(C)=O)cc2)cc1Cl. The van der Waals surface area contributed by atoms with Crippen LogP contribution < -0.4 is 15.4 Å². The number of carbonyl (C=O) groups is 2. The normalized spacial score (nSPS) is 10.5. The molecule has 0 aromatic heterocycles. The molecule has 0 aliphatic carbocycles. The Morgan fingerprint density at radius 3 is 2.29 bits per heavy atom. The van der Waals surface area contributed by atoms with Gasteiger partial charge in [0.05, 0.1) is 12.1 Å². The predicted octanol–water partition coefficient (Wildman–Crippen LogP) is 3.96. The molecule has 0 unspecified atom stereocenters. The highest BCUT2D eigenvalue weighted by atomic mass is 35.5. The number of carbonyl (C=O) groups excluding carboxylic acids is 2. The first-order valence-electron chi connectivity index (χ1n) is 7.18. The number of hydrogen-bond acceptors (Lipinski definition) is 3. The summed E-state index contributed by atoms with van der Waals surface area (Å²) in [6, 6.07) is 12.2. The zero-order chi connectivity index (χ0) is 17.5. The van der Waals surface area contributed by atoms with Crippen molar-refractivity contribution < 1.29 is 14.3 Å². The Hall–Kier alpha value is -2.79. The maximum Gasteiger partial charge on any atom is 0.248 e. The molecule has 2 aromatic rings. The molecule has 0 aliphatic heterocycles. The van der Waals surface area contributed by atoms with Gasteiger partial charge < -0.3 is 15.4 Å². The fourth-order valence-corrected chi connectivity index (χ4v) is 2.24. The van der Waals surface area contributed by atoms with E-state index in [0.29, 0.717) is 22.1 Å². The number of ether oxygens (including phenoxy) is 1. The summed E-state index contributed by atoms with van der Waals surface area (Å²) in [5.41, 5.74) is 2.13. The fourth-order valence-electron chi connectivity index (χ4n) is 1.98. The van der Waals surface area contributed by atoms with Gasteiger partial charge in [0, 0.05) is 24.4 Å². The number of nitrogens with one attached hydrogen (secondary N) is 2. The summed E-state index contributed by atoms with van der Waals surface area (Å²) in [5.74, 6) is 0.141. The molecule has 0 atom stereocenters. The Kier molecular flexibility index (Phi) is 5.98. The van der Waals surface area contributed by atoms with E-state index < -0.39 is 0 Å². The Labute approximate surface area is 145 Å². The molecule has 0 spiro atoms. The fraction of sp³-hybridized carbons (Fsp3) is 0.111. The van der Waals surface area contributed by atoms with Gasteiger partial charge in [-0.25, -0.2) is 0 Å². The van der Waals surface area contributed by atoms with E-state index in [1.54, 1.807) is 48.5 Å². The van der Waals surface area contributed by atoms with Crippen LogP contribution in [0.2, 0.25) is 5.02 Å². The first-order chi connectivity index (χ1) is 11.5. The molecule has 2 rings (SSSR count). The van der Waals surface area contributed by atoms with Crippen molar-refractivity contribution in [3.63, 3.8) is 0 Å². The number of hydrogen-bond donors (Lipinski definition) is 2. The van der Waals surface area contributed by atoms with E-state index in [1.165, 1.54) is 20.1 Å². The van der Waals surface area contributed by atoms with Gasteiger partial charge in [0.1, 0.15) is 5.75 Å². The van der Waals surface area contributed by atoms with Gasteiger partial charge in [0.15, 0.2) is 0 Å². The van der Waals surface area contributed by atoms with Crippen molar-refractivity contribution in [3.05, 3.63) is 59.1 Å². The van der Waals surface area contributed by atoms with Crippen molar-refractivity contribution in [3.8, 4) is 5.75 Å². The molecular weight excluding hydrogens is 328 g/mol. The standard InChI is InChI=1S/C18H17ClN2O3/c1-12(22)20-14-6-3-13(4-7-14)5-10-18(23)21-15-8-9-17(24-2)16(19)11-15/h3-11H,1-2H3,(H,20,22)(H,21,23)/b10-5+. The summed E-state index contributed by atoms with van der Waals surface area (Å²) in [4.78, 5) is 22.9. The topological polar surface area (TPSA) is 67.4 Å². The van der Waals surface area contributed by atoms with Crippen molar-refractivity contribution in [2.45, 2.75) is 6.92 Å². The van der Waals surface area contributed by atoms with Crippen LogP contribution in [0.4, 0.5) is 11.4 Å². The van der Waals surface area contributed by atoms with Gasteiger partial charge in [0.2, 0.25) is 11.8 Å². The van der Waals surface area contributed by atoms with E-state index in [0.717, 1.165) is 5.56 Å². The van der Waals surface area contributed by atoms with Crippen LogP contribution in [0.5, 0.6) is 5.75 Å². The maximum atomic E-state index is 11.9. The van der Waals surface area contributed by atoms with Crippen LogP contribution in [-0.2, 0) is 9.59 Å². The van der Waals surface area contributed by atoms with Gasteiger partial charge in [0.25, 0.3) is 0 Å². The number of halogens is 1. The minimum absolute atomic E-state index is 0.129. The second-order valence-corrected chi connectivity index (χ2v) is 5.38. The van der Waals surface area contributed by atoms with Gasteiger partial charge in [-0.05, 0) is 42.0 Å². The van der Waals surface area contributed by atoms with Crippen molar-refractivity contribution >= 4 is 40.9 Å². The van der Waals surface area contributed by atoms with Crippen LogP contribution in [0.1, 0.15) is 12.5 Å². The van der Waals surface area contributed by atoms with E-state index in [9.17, 15) is 9.59 Å². The number of benzene rings is 2. The zero-order valence-corrected chi connectivity index (χ0v) is 14.1. The third kappa shape index (κ3) is 5.14. The average molecular weight is 345 g/mol. The number of rotatable bonds is 5. The van der Waals surface area contributed by atoms with Crippen molar-refractivity contribution in [1.29, 1.82) is 0 Å². The molecule has 0 heterocycles. The summed E-state index contributed by atoms with van der Waals surface area (Å²) in [6.45, 7) is 1.45. The number of anilines is 2. The van der Waals surface area contributed by atoms with Crippen molar-refractivity contribution in [2.24, 2.45) is 0 Å². The second kappa shape index (κ2) is 8.17. The van der Waals surface area contributed by atoms with E-state index in [4.69, 9.17) is 16.3 Å². The Bertz CT molecular complexity index is 770. The highest BCUT2D eigenvalue weighted by Crippen LogP contribution is 2.27.